The SMILES string of the molecule is CCOC(=O)c1[nH]c(C)c(S(=O)(=O)Nc2ccc3c(c2)OCO3)c1C. The van der Waals surface area contributed by atoms with Crippen molar-refractivity contribution in [2.75, 3.05) is 18.1 Å². The Hall–Kier alpha value is -2.68. The summed E-state index contributed by atoms with van der Waals surface area (Å²) in [6.45, 7) is 5.13. The Morgan fingerprint density at radius 1 is 1.28 bits per heavy atom. The molecule has 0 saturated carbocycles. The van der Waals surface area contributed by atoms with Crippen molar-refractivity contribution in [3.63, 3.8) is 0 Å². The minimum atomic E-state index is -3.91. The zero-order valence-corrected chi connectivity index (χ0v) is 14.8. The number of rotatable bonds is 5. The molecule has 1 aliphatic heterocycles. The largest absolute Gasteiger partial charge is 0.461 e. The second kappa shape index (κ2) is 6.32. The Morgan fingerprint density at radius 2 is 2.00 bits per heavy atom. The number of carbonyl (C=O) groups is 1. The van der Waals surface area contributed by atoms with E-state index < -0.39 is 16.0 Å². The van der Waals surface area contributed by atoms with Crippen molar-refractivity contribution in [3.8, 4) is 11.5 Å². The monoisotopic (exact) mass is 366 g/mol. The number of hydrogen-bond acceptors (Lipinski definition) is 6. The third kappa shape index (κ3) is 3.14. The maximum Gasteiger partial charge on any atom is 0.355 e. The van der Waals surface area contributed by atoms with Crippen molar-refractivity contribution in [2.24, 2.45) is 0 Å². The Kier molecular flexibility index (Phi) is 4.34. The summed E-state index contributed by atoms with van der Waals surface area (Å²) in [6.07, 6.45) is 0. The standard InChI is InChI=1S/C16H18N2O6S/c1-4-22-16(19)14-9(2)15(10(3)17-14)25(20,21)18-11-5-6-12-13(7-11)24-8-23-12/h5-7,17-18H,4,8H2,1-3H3. The van der Waals surface area contributed by atoms with Crippen LogP contribution in [-0.4, -0.2) is 32.8 Å². The molecule has 1 aliphatic rings. The van der Waals surface area contributed by atoms with E-state index in [1.807, 2.05) is 0 Å². The van der Waals surface area contributed by atoms with Crippen molar-refractivity contribution in [3.05, 3.63) is 35.2 Å². The Labute approximate surface area is 145 Å². The van der Waals surface area contributed by atoms with Gasteiger partial charge in [0.1, 0.15) is 10.6 Å². The summed E-state index contributed by atoms with van der Waals surface area (Å²) in [5.74, 6) is 0.434. The van der Waals surface area contributed by atoms with E-state index >= 15 is 0 Å². The van der Waals surface area contributed by atoms with Crippen LogP contribution in [0.15, 0.2) is 23.1 Å². The molecule has 0 spiro atoms. The number of carbonyl (C=O) groups excluding carboxylic acids is 1. The van der Waals surface area contributed by atoms with Crippen molar-refractivity contribution < 1.29 is 27.4 Å². The topological polar surface area (TPSA) is 107 Å². The molecule has 2 N–H and O–H groups in total. The highest BCUT2D eigenvalue weighted by Gasteiger charge is 2.27. The van der Waals surface area contributed by atoms with Crippen LogP contribution in [0.3, 0.4) is 0 Å². The molecule has 0 aliphatic carbocycles. The van der Waals surface area contributed by atoms with Gasteiger partial charge in [-0.3, -0.25) is 4.72 Å². The van der Waals surface area contributed by atoms with Gasteiger partial charge < -0.3 is 19.2 Å². The molecule has 1 aromatic heterocycles. The molecule has 0 amide bonds. The van der Waals surface area contributed by atoms with E-state index in [2.05, 4.69) is 9.71 Å². The van der Waals surface area contributed by atoms with Gasteiger partial charge in [-0.2, -0.15) is 0 Å². The number of fused-ring (bicyclic) bond motifs is 1. The van der Waals surface area contributed by atoms with Crippen LogP contribution in [-0.2, 0) is 14.8 Å². The molecule has 134 valence electrons. The van der Waals surface area contributed by atoms with Crippen LogP contribution in [0.25, 0.3) is 0 Å². The van der Waals surface area contributed by atoms with Gasteiger partial charge in [0.25, 0.3) is 10.0 Å². The Bertz CT molecular complexity index is 932. The number of esters is 1. The molecule has 1 aromatic carbocycles. The molecule has 8 nitrogen and oxygen atoms in total. The molecule has 0 fully saturated rings. The van der Waals surface area contributed by atoms with E-state index in [-0.39, 0.29) is 24.0 Å². The van der Waals surface area contributed by atoms with Gasteiger partial charge in [0.15, 0.2) is 11.5 Å². The zero-order chi connectivity index (χ0) is 18.2. The van der Waals surface area contributed by atoms with E-state index in [0.29, 0.717) is 28.4 Å². The first-order chi connectivity index (χ1) is 11.8. The van der Waals surface area contributed by atoms with Crippen LogP contribution in [0, 0.1) is 13.8 Å². The van der Waals surface area contributed by atoms with E-state index in [1.54, 1.807) is 39.0 Å². The summed E-state index contributed by atoms with van der Waals surface area (Å²) in [5, 5.41) is 0. The normalized spacial score (nSPS) is 12.9. The second-order valence-corrected chi connectivity index (χ2v) is 7.09. The van der Waals surface area contributed by atoms with Gasteiger partial charge >= 0.3 is 5.97 Å². The minimum Gasteiger partial charge on any atom is -0.461 e. The predicted molar refractivity (Wildman–Crippen MR) is 89.6 cm³/mol. The molecule has 2 aromatic rings. The zero-order valence-electron chi connectivity index (χ0n) is 14.0. The van der Waals surface area contributed by atoms with E-state index in [4.69, 9.17) is 14.2 Å². The van der Waals surface area contributed by atoms with E-state index in [0.717, 1.165) is 0 Å². The van der Waals surface area contributed by atoms with Crippen molar-refractivity contribution >= 4 is 21.7 Å². The molecular formula is C16H18N2O6S. The number of aryl methyl sites for hydroxylation is 1. The highest BCUT2D eigenvalue weighted by molar-refractivity contribution is 7.92. The van der Waals surface area contributed by atoms with Crippen LogP contribution in [0.4, 0.5) is 5.69 Å². The molecular weight excluding hydrogens is 348 g/mol. The molecule has 0 radical (unpaired) electrons. The fourth-order valence-electron chi connectivity index (χ4n) is 2.71. The minimum absolute atomic E-state index is 0.0215. The lowest BCUT2D eigenvalue weighted by Gasteiger charge is -2.09. The first kappa shape index (κ1) is 17.2. The lowest BCUT2D eigenvalue weighted by molar-refractivity contribution is 0.0519. The van der Waals surface area contributed by atoms with E-state index in [9.17, 15) is 13.2 Å². The number of H-pyrrole nitrogens is 1. The number of aromatic nitrogens is 1. The molecule has 0 saturated heterocycles. The fourth-order valence-corrected chi connectivity index (χ4v) is 4.21. The summed E-state index contributed by atoms with van der Waals surface area (Å²) in [5.41, 5.74) is 1.13. The predicted octanol–water partition coefficient (Wildman–Crippen LogP) is 2.34. The van der Waals surface area contributed by atoms with Crippen molar-refractivity contribution in [2.45, 2.75) is 25.7 Å². The van der Waals surface area contributed by atoms with Crippen LogP contribution >= 0.6 is 0 Å². The molecule has 25 heavy (non-hydrogen) atoms. The maximum atomic E-state index is 12.8. The number of hydrogen-bond donors (Lipinski definition) is 2. The molecule has 3 rings (SSSR count). The van der Waals surface area contributed by atoms with Gasteiger partial charge in [0, 0.05) is 17.3 Å². The number of nitrogens with one attached hydrogen (secondary N) is 2. The molecule has 9 heteroatoms. The third-order valence-corrected chi connectivity index (χ3v) is 5.40. The summed E-state index contributed by atoms with van der Waals surface area (Å²) in [6, 6.07) is 4.75. The Morgan fingerprint density at radius 3 is 2.72 bits per heavy atom. The maximum absolute atomic E-state index is 12.8. The number of anilines is 1. The smallest absolute Gasteiger partial charge is 0.355 e. The first-order valence-electron chi connectivity index (χ1n) is 7.62. The van der Waals surface area contributed by atoms with E-state index in [1.165, 1.54) is 0 Å². The third-order valence-electron chi connectivity index (χ3n) is 3.74. The average Bonchev–Trinajstić information content (AvgIpc) is 3.10. The molecule has 2 heterocycles. The highest BCUT2D eigenvalue weighted by Crippen LogP contribution is 2.35. The number of benzene rings is 1. The Balaban J connectivity index is 1.94. The quantitative estimate of drug-likeness (QED) is 0.787. The van der Waals surface area contributed by atoms with Gasteiger partial charge in [-0.05, 0) is 32.9 Å². The number of aromatic amines is 1. The second-order valence-electron chi connectivity index (χ2n) is 5.47. The fraction of sp³-hybridized carbons (Fsp3) is 0.312. The van der Waals surface area contributed by atoms with Crippen LogP contribution in [0.1, 0.15) is 28.7 Å². The summed E-state index contributed by atoms with van der Waals surface area (Å²) in [4.78, 5) is 14.8. The van der Waals surface area contributed by atoms with Gasteiger partial charge in [-0.1, -0.05) is 0 Å². The van der Waals surface area contributed by atoms with Gasteiger partial charge in [-0.15, -0.1) is 0 Å². The van der Waals surface area contributed by atoms with Gasteiger partial charge in [0.2, 0.25) is 6.79 Å². The van der Waals surface area contributed by atoms with Crippen LogP contribution in [0.5, 0.6) is 11.5 Å². The molecule has 0 unspecified atom stereocenters. The number of sulfonamides is 1. The molecule has 0 bridgehead atoms. The van der Waals surface area contributed by atoms with Crippen molar-refractivity contribution in [1.29, 1.82) is 0 Å². The average molecular weight is 366 g/mol. The van der Waals surface area contributed by atoms with Crippen LogP contribution < -0.4 is 14.2 Å². The molecule has 0 atom stereocenters. The first-order valence-corrected chi connectivity index (χ1v) is 9.10. The highest BCUT2D eigenvalue weighted by atomic mass is 32.2. The summed E-state index contributed by atoms with van der Waals surface area (Å²) in [7, 11) is -3.91. The summed E-state index contributed by atoms with van der Waals surface area (Å²) >= 11 is 0. The summed E-state index contributed by atoms with van der Waals surface area (Å²) < 4.78 is 43.4. The van der Waals surface area contributed by atoms with Crippen molar-refractivity contribution in [1.82, 2.24) is 4.98 Å². The van der Waals surface area contributed by atoms with Gasteiger partial charge in [-0.25, -0.2) is 13.2 Å². The van der Waals surface area contributed by atoms with Crippen LogP contribution in [0.2, 0.25) is 0 Å². The van der Waals surface area contributed by atoms with Gasteiger partial charge in [0.05, 0.1) is 12.3 Å². The number of ether oxygens (including phenoxy) is 3. The lowest BCUT2D eigenvalue weighted by atomic mass is 10.2. The lowest BCUT2D eigenvalue weighted by Crippen LogP contribution is -2.15.